The number of hydrogen-bond acceptors (Lipinski definition) is 2. The Morgan fingerprint density at radius 2 is 0.689 bits per heavy atom. The van der Waals surface area contributed by atoms with Gasteiger partial charge < -0.3 is 4.65 Å². The summed E-state index contributed by atoms with van der Waals surface area (Å²) in [5.41, 5.74) is -10.1. The maximum Gasteiger partial charge on any atom is 0.291 e. The van der Waals surface area contributed by atoms with E-state index in [1.165, 1.54) is 60.7 Å². The summed E-state index contributed by atoms with van der Waals surface area (Å²) < 4.78 is 234. The fourth-order valence-corrected chi connectivity index (χ4v) is 8.63. The Morgan fingerprint density at radius 3 is 0.984 bits per heavy atom. The Labute approximate surface area is 348 Å². The summed E-state index contributed by atoms with van der Waals surface area (Å²) in [7, 11) is -2.03. The zero-order valence-electron chi connectivity index (χ0n) is 30.3. The first kappa shape index (κ1) is 48.4. The molecule has 321 valence electrons. The van der Waals surface area contributed by atoms with Crippen LogP contribution in [-0.4, -0.2) is 12.3 Å². The number of halogens is 15. The predicted octanol–water partition coefficient (Wildman–Crippen LogP) is 8.60. The number of hydrogen-bond donors (Lipinski definition) is 0. The van der Waals surface area contributed by atoms with Crippen molar-refractivity contribution in [1.82, 2.24) is 0 Å². The van der Waals surface area contributed by atoms with E-state index in [1.807, 2.05) is 6.92 Å². The molecule has 0 aromatic heterocycles. The molecule has 0 bridgehead atoms. The molecule has 0 spiro atoms. The molecule has 0 aliphatic carbocycles. The van der Waals surface area contributed by atoms with Crippen LogP contribution in [0.3, 0.4) is 0 Å². The number of carbonyl (C=O) groups excluding carboxylic acids is 1. The molecule has 0 N–H and O–H groups in total. The van der Waals surface area contributed by atoms with Crippen LogP contribution < -0.4 is 32.3 Å². The Balaban J connectivity index is 0.00000157. The Morgan fingerprint density at radius 1 is 0.443 bits per heavy atom. The van der Waals surface area contributed by atoms with Gasteiger partial charge in [0.05, 0.1) is 5.56 Å². The Kier molecular flexibility index (Phi) is 15.2. The SMILES string of the molecule is O=C(O[B-](c1c(F)c(F)c(F)c(F)c1F)(c1c(F)c(F)c(F)c(F)c1F)c1c(F)c(F)c(F)c(F)c1F)c1ccccc1P(c1ccccc1)c1ccccc1.[CH2][C]([CH2])C.[Ni]. The molecule has 0 amide bonds. The molecule has 2 nitrogen and oxygen atoms in total. The number of carbonyl (C=O) groups is 1. The molecule has 0 saturated carbocycles. The Bertz CT molecular complexity index is 2320. The summed E-state index contributed by atoms with van der Waals surface area (Å²) in [6.45, 7) is 8.75. The molecule has 0 atom stereocenters. The van der Waals surface area contributed by atoms with E-state index in [0.717, 1.165) is 18.1 Å². The molecule has 6 aromatic carbocycles. The average Bonchev–Trinajstić information content (AvgIpc) is 3.23. The van der Waals surface area contributed by atoms with E-state index in [9.17, 15) is 44.3 Å². The quantitative estimate of drug-likeness (QED) is 0.0503. The van der Waals surface area contributed by atoms with Crippen LogP contribution in [0.4, 0.5) is 65.9 Å². The van der Waals surface area contributed by atoms with Gasteiger partial charge in [0.25, 0.3) is 12.3 Å². The van der Waals surface area contributed by atoms with Crippen molar-refractivity contribution in [2.75, 3.05) is 0 Å². The van der Waals surface area contributed by atoms with Gasteiger partial charge in [0.1, 0.15) is 34.9 Å². The van der Waals surface area contributed by atoms with Crippen molar-refractivity contribution in [1.29, 1.82) is 0 Å². The maximum absolute atomic E-state index is 16.0. The van der Waals surface area contributed by atoms with E-state index in [-0.39, 0.29) is 21.8 Å². The van der Waals surface area contributed by atoms with Crippen LogP contribution in [0, 0.1) is 107 Å². The largest absolute Gasteiger partial charge is 0.672 e. The number of rotatable bonds is 8. The predicted molar refractivity (Wildman–Crippen MR) is 194 cm³/mol. The smallest absolute Gasteiger partial charge is 0.291 e. The summed E-state index contributed by atoms with van der Waals surface area (Å²) in [5, 5.41) is 0.622. The van der Waals surface area contributed by atoms with E-state index in [0.29, 0.717) is 10.6 Å². The maximum atomic E-state index is 16.0. The summed E-state index contributed by atoms with van der Waals surface area (Å²) in [4.78, 5) is 14.4. The molecule has 20 heteroatoms. The van der Waals surface area contributed by atoms with E-state index in [2.05, 4.69) is 13.8 Å². The van der Waals surface area contributed by atoms with E-state index >= 15 is 26.3 Å². The zero-order valence-corrected chi connectivity index (χ0v) is 32.2. The molecule has 0 fully saturated rings. The van der Waals surface area contributed by atoms with Crippen molar-refractivity contribution in [2.24, 2.45) is 0 Å². The van der Waals surface area contributed by atoms with Gasteiger partial charge in [-0.3, -0.25) is 4.79 Å². The first-order valence-corrected chi connectivity index (χ1v) is 18.0. The summed E-state index contributed by atoms with van der Waals surface area (Å²) >= 11 is 0. The van der Waals surface area contributed by atoms with Crippen LogP contribution in [0.2, 0.25) is 0 Å². The molecule has 3 radical (unpaired) electrons. The molecule has 6 rings (SSSR count). The van der Waals surface area contributed by atoms with Gasteiger partial charge in [0, 0.05) is 16.5 Å². The molecule has 6 aromatic rings. The minimum atomic E-state index is -6.58. The van der Waals surface area contributed by atoms with Gasteiger partial charge >= 0.3 is 0 Å². The third-order valence-electron chi connectivity index (χ3n) is 8.63. The van der Waals surface area contributed by atoms with Crippen molar-refractivity contribution in [3.05, 3.63) is 198 Å². The summed E-state index contributed by atoms with van der Waals surface area (Å²) in [6, 6.07) is 19.8. The van der Waals surface area contributed by atoms with Crippen LogP contribution in [0.5, 0.6) is 0 Å². The van der Waals surface area contributed by atoms with Crippen molar-refractivity contribution < 1.29 is 91.8 Å². The summed E-state index contributed by atoms with van der Waals surface area (Å²) in [6.07, 6.45) is -6.58. The van der Waals surface area contributed by atoms with Gasteiger partial charge in [0.2, 0.25) is 0 Å². The molecule has 61 heavy (non-hydrogen) atoms. The minimum Gasteiger partial charge on any atom is -0.672 e. The van der Waals surface area contributed by atoms with Gasteiger partial charge in [0.15, 0.2) is 52.4 Å². The topological polar surface area (TPSA) is 26.3 Å². The van der Waals surface area contributed by atoms with Gasteiger partial charge in [-0.25, -0.2) is 65.9 Å². The monoisotopic (exact) mass is 930 g/mol. The van der Waals surface area contributed by atoms with Crippen molar-refractivity contribution in [3.8, 4) is 0 Å². The van der Waals surface area contributed by atoms with Gasteiger partial charge in [-0.05, 0) is 49.7 Å². The molecule has 0 unspecified atom stereocenters. The van der Waals surface area contributed by atoms with Crippen LogP contribution >= 0.6 is 7.92 Å². The molecule has 0 aliphatic rings. The fraction of sp³-hybridized carbons (Fsp3) is 0.0244. The van der Waals surface area contributed by atoms with Crippen molar-refractivity contribution in [2.45, 2.75) is 6.92 Å². The van der Waals surface area contributed by atoms with Crippen LogP contribution in [0.1, 0.15) is 17.3 Å². The van der Waals surface area contributed by atoms with Crippen LogP contribution in [0.25, 0.3) is 0 Å². The van der Waals surface area contributed by atoms with E-state index in [1.54, 1.807) is 12.1 Å². The molecule has 0 aliphatic heterocycles. The van der Waals surface area contributed by atoms with E-state index < -0.39 is 129 Å². The van der Waals surface area contributed by atoms with E-state index in [4.69, 9.17) is 4.65 Å². The molecule has 0 saturated heterocycles. The first-order chi connectivity index (χ1) is 28.2. The second-order valence-electron chi connectivity index (χ2n) is 12.6. The zero-order chi connectivity index (χ0) is 44.5. The van der Waals surface area contributed by atoms with Crippen molar-refractivity contribution in [3.63, 3.8) is 0 Å². The van der Waals surface area contributed by atoms with Gasteiger partial charge in [-0.2, -0.15) is 0 Å². The first-order valence-electron chi connectivity index (χ1n) is 16.6. The third kappa shape index (κ3) is 8.64. The normalized spacial score (nSPS) is 11.3. The summed E-state index contributed by atoms with van der Waals surface area (Å²) in [5.74, 6) is -49.8. The van der Waals surface area contributed by atoms with Crippen molar-refractivity contribution >= 4 is 52.5 Å². The average molecular weight is 931 g/mol. The fourth-order valence-electron chi connectivity index (χ4n) is 6.19. The Hall–Kier alpha value is -5.27. The van der Waals surface area contributed by atoms with Gasteiger partial charge in [-0.1, -0.05) is 102 Å². The number of benzene rings is 6. The second kappa shape index (κ2) is 19.2. The standard InChI is InChI=1S/C37H14BF15O2P.C4H7.Ni/c39-22-19(23(40)29(46)34(51)28(22)45)38(20-24(41)30(47)35(52)31(48)25(20)42,21-26(43)32(49)36(53)33(50)27(21)44)55-37(54)17-13-7-8-14-18(17)56(15-9-3-1-4-10-15)16-11-5-2-6-12-16;1-4(2)3;/h1-14H;1-2H2,3H3;/q-1;;. The van der Waals surface area contributed by atoms with Gasteiger partial charge in [-0.15, -0.1) is 0 Å². The molecule has 0 heterocycles. The molecular formula is C41H21BF15NiO2P-. The van der Waals surface area contributed by atoms with Crippen LogP contribution in [-0.2, 0) is 21.1 Å². The second-order valence-corrected chi connectivity index (χ2v) is 14.8. The van der Waals surface area contributed by atoms with Crippen LogP contribution in [0.15, 0.2) is 84.9 Å². The minimum absolute atomic E-state index is 0. The third-order valence-corrected chi connectivity index (χ3v) is 11.1. The molecular weight excluding hydrogens is 910 g/mol.